The Labute approximate surface area is 94.8 Å². The fourth-order valence-electron chi connectivity index (χ4n) is 1.97. The summed E-state index contributed by atoms with van der Waals surface area (Å²) < 4.78 is 5.59. The van der Waals surface area contributed by atoms with E-state index < -0.39 is 0 Å². The van der Waals surface area contributed by atoms with Crippen molar-refractivity contribution in [3.8, 4) is 0 Å². The van der Waals surface area contributed by atoms with Gasteiger partial charge >= 0.3 is 0 Å². The Morgan fingerprint density at radius 3 is 2.53 bits per heavy atom. The van der Waals surface area contributed by atoms with Crippen LogP contribution in [-0.2, 0) is 4.74 Å². The molecule has 1 saturated carbocycles. The van der Waals surface area contributed by atoms with Crippen molar-refractivity contribution in [2.75, 3.05) is 13.7 Å². The van der Waals surface area contributed by atoms with Crippen LogP contribution in [0.5, 0.6) is 0 Å². The van der Waals surface area contributed by atoms with E-state index in [4.69, 9.17) is 4.74 Å². The first kappa shape index (κ1) is 13.0. The fourth-order valence-corrected chi connectivity index (χ4v) is 1.97. The van der Waals surface area contributed by atoms with Crippen LogP contribution in [0.3, 0.4) is 0 Å². The van der Waals surface area contributed by atoms with E-state index in [1.807, 2.05) is 7.11 Å². The minimum Gasteiger partial charge on any atom is -0.377 e. The van der Waals surface area contributed by atoms with E-state index in [-0.39, 0.29) is 5.60 Å². The summed E-state index contributed by atoms with van der Waals surface area (Å²) in [6.45, 7) is 7.69. The second-order valence-corrected chi connectivity index (χ2v) is 5.34. The zero-order valence-corrected chi connectivity index (χ0v) is 10.8. The smallest absolute Gasteiger partial charge is 0.0774 e. The molecule has 2 heteroatoms. The third-order valence-electron chi connectivity index (χ3n) is 3.57. The molecule has 0 aromatic rings. The van der Waals surface area contributed by atoms with Gasteiger partial charge in [0.05, 0.1) is 5.60 Å². The first-order valence-corrected chi connectivity index (χ1v) is 6.38. The van der Waals surface area contributed by atoms with E-state index in [1.54, 1.807) is 0 Å². The van der Waals surface area contributed by atoms with Crippen molar-refractivity contribution in [3.63, 3.8) is 0 Å². The molecule has 0 amide bonds. The molecule has 1 N–H and O–H groups in total. The lowest BCUT2D eigenvalue weighted by atomic mass is 9.93. The molecule has 0 aromatic carbocycles. The van der Waals surface area contributed by atoms with Crippen molar-refractivity contribution in [2.45, 2.75) is 64.5 Å². The predicted octanol–water partition coefficient (Wildman–Crippen LogP) is 2.97. The maximum atomic E-state index is 5.59. The van der Waals surface area contributed by atoms with Gasteiger partial charge in [-0.1, -0.05) is 19.8 Å². The lowest BCUT2D eigenvalue weighted by molar-refractivity contribution is -0.0133. The standard InChI is InChI=1S/C13H27NO/c1-5-10-14-12(13(2,3)15-4)9-8-11-6-7-11/h11-12,14H,5-10H2,1-4H3. The normalized spacial score (nSPS) is 19.2. The van der Waals surface area contributed by atoms with Gasteiger partial charge in [-0.05, 0) is 45.6 Å². The molecule has 1 atom stereocenters. The van der Waals surface area contributed by atoms with Crippen LogP contribution in [0.1, 0.15) is 52.9 Å². The molecular weight excluding hydrogens is 186 g/mol. The molecule has 15 heavy (non-hydrogen) atoms. The first-order valence-electron chi connectivity index (χ1n) is 6.38. The van der Waals surface area contributed by atoms with Gasteiger partial charge in [-0.3, -0.25) is 0 Å². The molecule has 0 heterocycles. The largest absolute Gasteiger partial charge is 0.377 e. The number of hydrogen-bond donors (Lipinski definition) is 1. The number of ether oxygens (including phenoxy) is 1. The van der Waals surface area contributed by atoms with Crippen molar-refractivity contribution in [3.05, 3.63) is 0 Å². The number of methoxy groups -OCH3 is 1. The van der Waals surface area contributed by atoms with Gasteiger partial charge in [0.1, 0.15) is 0 Å². The molecule has 0 radical (unpaired) electrons. The van der Waals surface area contributed by atoms with Crippen LogP contribution in [0.2, 0.25) is 0 Å². The highest BCUT2D eigenvalue weighted by molar-refractivity contribution is 4.87. The average molecular weight is 213 g/mol. The number of nitrogens with one attached hydrogen (secondary N) is 1. The van der Waals surface area contributed by atoms with E-state index in [9.17, 15) is 0 Å². The third kappa shape index (κ3) is 4.52. The van der Waals surface area contributed by atoms with Crippen LogP contribution in [0.4, 0.5) is 0 Å². The Morgan fingerprint density at radius 1 is 1.40 bits per heavy atom. The van der Waals surface area contributed by atoms with E-state index >= 15 is 0 Å². The Balaban J connectivity index is 2.35. The number of hydrogen-bond acceptors (Lipinski definition) is 2. The highest BCUT2D eigenvalue weighted by Crippen LogP contribution is 2.35. The fraction of sp³-hybridized carbons (Fsp3) is 1.00. The summed E-state index contributed by atoms with van der Waals surface area (Å²) in [5, 5.41) is 3.62. The zero-order chi connectivity index (χ0) is 11.3. The van der Waals surface area contributed by atoms with Gasteiger partial charge in [-0.15, -0.1) is 0 Å². The molecule has 0 aliphatic heterocycles. The lowest BCUT2D eigenvalue weighted by Crippen LogP contribution is -2.48. The van der Waals surface area contributed by atoms with E-state index in [2.05, 4.69) is 26.1 Å². The summed E-state index contributed by atoms with van der Waals surface area (Å²) in [7, 11) is 1.82. The molecular formula is C13H27NO. The highest BCUT2D eigenvalue weighted by Gasteiger charge is 2.30. The van der Waals surface area contributed by atoms with E-state index in [0.29, 0.717) is 6.04 Å². The van der Waals surface area contributed by atoms with E-state index in [0.717, 1.165) is 12.5 Å². The molecule has 1 fully saturated rings. The average Bonchev–Trinajstić information content (AvgIpc) is 3.01. The van der Waals surface area contributed by atoms with Crippen LogP contribution in [0.15, 0.2) is 0 Å². The second-order valence-electron chi connectivity index (χ2n) is 5.34. The first-order chi connectivity index (χ1) is 7.10. The maximum Gasteiger partial charge on any atom is 0.0774 e. The highest BCUT2D eigenvalue weighted by atomic mass is 16.5. The Bertz CT molecular complexity index is 175. The molecule has 0 bridgehead atoms. The van der Waals surface area contributed by atoms with Crippen molar-refractivity contribution in [1.29, 1.82) is 0 Å². The predicted molar refractivity (Wildman–Crippen MR) is 65.1 cm³/mol. The van der Waals surface area contributed by atoms with Gasteiger partial charge in [0.25, 0.3) is 0 Å². The van der Waals surface area contributed by atoms with Crippen molar-refractivity contribution in [2.24, 2.45) is 5.92 Å². The molecule has 1 unspecified atom stereocenters. The SMILES string of the molecule is CCCNC(CCC1CC1)C(C)(C)OC. The zero-order valence-electron chi connectivity index (χ0n) is 10.8. The van der Waals surface area contributed by atoms with Gasteiger partial charge in [0.2, 0.25) is 0 Å². The third-order valence-corrected chi connectivity index (χ3v) is 3.57. The molecule has 0 saturated heterocycles. The van der Waals surface area contributed by atoms with Crippen molar-refractivity contribution >= 4 is 0 Å². The van der Waals surface area contributed by atoms with E-state index in [1.165, 1.54) is 32.1 Å². The molecule has 90 valence electrons. The van der Waals surface area contributed by atoms with Crippen LogP contribution in [0, 0.1) is 5.92 Å². The Kier molecular flexibility index (Phi) is 5.07. The summed E-state index contributed by atoms with van der Waals surface area (Å²) in [6.07, 6.45) is 6.72. The van der Waals surface area contributed by atoms with Crippen LogP contribution < -0.4 is 5.32 Å². The Morgan fingerprint density at radius 2 is 2.07 bits per heavy atom. The van der Waals surface area contributed by atoms with Crippen LogP contribution in [0.25, 0.3) is 0 Å². The van der Waals surface area contributed by atoms with Crippen molar-refractivity contribution < 1.29 is 4.74 Å². The Hall–Kier alpha value is -0.0800. The molecule has 0 aromatic heterocycles. The maximum absolute atomic E-state index is 5.59. The number of rotatable bonds is 8. The summed E-state index contributed by atoms with van der Waals surface area (Å²) >= 11 is 0. The second kappa shape index (κ2) is 5.86. The van der Waals surface area contributed by atoms with Crippen LogP contribution >= 0.6 is 0 Å². The van der Waals surface area contributed by atoms with Crippen LogP contribution in [-0.4, -0.2) is 25.3 Å². The van der Waals surface area contributed by atoms with Gasteiger partial charge in [-0.25, -0.2) is 0 Å². The monoisotopic (exact) mass is 213 g/mol. The summed E-state index contributed by atoms with van der Waals surface area (Å²) in [5.74, 6) is 1.02. The minimum absolute atomic E-state index is 0.0376. The molecule has 1 rings (SSSR count). The summed E-state index contributed by atoms with van der Waals surface area (Å²) in [4.78, 5) is 0. The quantitative estimate of drug-likeness (QED) is 0.669. The van der Waals surface area contributed by atoms with Gasteiger partial charge in [0, 0.05) is 13.2 Å². The van der Waals surface area contributed by atoms with Gasteiger partial charge < -0.3 is 10.1 Å². The lowest BCUT2D eigenvalue weighted by Gasteiger charge is -2.34. The minimum atomic E-state index is -0.0376. The van der Waals surface area contributed by atoms with Gasteiger partial charge in [-0.2, -0.15) is 0 Å². The molecule has 0 spiro atoms. The summed E-state index contributed by atoms with van der Waals surface area (Å²) in [5.41, 5.74) is -0.0376. The molecule has 2 nitrogen and oxygen atoms in total. The van der Waals surface area contributed by atoms with Crippen molar-refractivity contribution in [1.82, 2.24) is 5.32 Å². The topological polar surface area (TPSA) is 21.3 Å². The summed E-state index contributed by atoms with van der Waals surface area (Å²) in [6, 6.07) is 0.503. The molecule has 1 aliphatic carbocycles. The molecule has 1 aliphatic rings. The van der Waals surface area contributed by atoms with Gasteiger partial charge in [0.15, 0.2) is 0 Å².